The third-order valence-electron chi connectivity index (χ3n) is 2.70. The van der Waals surface area contributed by atoms with Gasteiger partial charge in [0.1, 0.15) is 5.58 Å². The summed E-state index contributed by atoms with van der Waals surface area (Å²) in [6.45, 7) is 0.241. The summed E-state index contributed by atoms with van der Waals surface area (Å²) in [4.78, 5) is 21.6. The molecule has 0 aliphatic rings. The number of aliphatic carboxylic acids is 1. The summed E-state index contributed by atoms with van der Waals surface area (Å²) in [6.07, 6.45) is 0.417. The normalized spacial score (nSPS) is 10.4. The summed E-state index contributed by atoms with van der Waals surface area (Å²) in [5.41, 5.74) is -0.0500. The van der Waals surface area contributed by atoms with Gasteiger partial charge in [-0.25, -0.2) is 4.79 Å². The lowest BCUT2D eigenvalue weighted by atomic mass is 10.2. The van der Waals surface area contributed by atoms with Gasteiger partial charge in [-0.2, -0.15) is 0 Å². The Kier molecular flexibility index (Phi) is 4.24. The number of carbonyl (C=O) groups is 1. The molecule has 6 nitrogen and oxygen atoms in total. The zero-order valence-electron chi connectivity index (χ0n) is 10.9. The molecule has 106 valence electrons. The van der Waals surface area contributed by atoms with Crippen LogP contribution < -0.4 is 15.1 Å². The van der Waals surface area contributed by atoms with Crippen molar-refractivity contribution < 1.29 is 23.8 Å². The number of carboxylic acids is 1. The summed E-state index contributed by atoms with van der Waals surface area (Å²) in [5.74, 6) is 0.0477. The van der Waals surface area contributed by atoms with E-state index in [2.05, 4.69) is 0 Å². The Morgan fingerprint density at radius 1 is 1.30 bits per heavy atom. The van der Waals surface area contributed by atoms with Crippen LogP contribution in [0.2, 0.25) is 0 Å². The minimum absolute atomic E-state index is 0.0327. The van der Waals surface area contributed by atoms with E-state index in [-0.39, 0.29) is 13.0 Å². The fourth-order valence-corrected chi connectivity index (χ4v) is 1.75. The van der Waals surface area contributed by atoms with Crippen molar-refractivity contribution in [2.45, 2.75) is 12.8 Å². The maximum absolute atomic E-state index is 11.2. The predicted octanol–water partition coefficient (Wildman–Crippen LogP) is 2.05. The summed E-state index contributed by atoms with van der Waals surface area (Å²) in [7, 11) is 1.50. The van der Waals surface area contributed by atoms with Gasteiger partial charge in [0.25, 0.3) is 0 Å². The topological polar surface area (TPSA) is 86.0 Å². The molecule has 0 saturated carbocycles. The van der Waals surface area contributed by atoms with Crippen LogP contribution in [0, 0.1) is 0 Å². The van der Waals surface area contributed by atoms with Crippen LogP contribution in [0.15, 0.2) is 33.5 Å². The highest BCUT2D eigenvalue weighted by Gasteiger charge is 2.09. The molecule has 0 spiro atoms. The number of carboxylic acid groups (broad SMARTS) is 1. The third-order valence-corrected chi connectivity index (χ3v) is 2.70. The molecule has 0 saturated heterocycles. The van der Waals surface area contributed by atoms with Gasteiger partial charge in [0.2, 0.25) is 0 Å². The maximum atomic E-state index is 11.2. The fraction of sp³-hybridized carbons (Fsp3) is 0.286. The van der Waals surface area contributed by atoms with E-state index in [0.29, 0.717) is 23.5 Å². The van der Waals surface area contributed by atoms with E-state index in [1.165, 1.54) is 13.2 Å². The van der Waals surface area contributed by atoms with E-state index < -0.39 is 11.6 Å². The molecule has 0 unspecified atom stereocenters. The van der Waals surface area contributed by atoms with Crippen LogP contribution in [0.25, 0.3) is 11.0 Å². The van der Waals surface area contributed by atoms with E-state index in [0.717, 1.165) is 5.39 Å². The Morgan fingerprint density at radius 2 is 2.10 bits per heavy atom. The number of ether oxygens (including phenoxy) is 2. The third kappa shape index (κ3) is 3.28. The minimum Gasteiger partial charge on any atom is -0.493 e. The molecule has 0 atom stereocenters. The molecule has 0 amide bonds. The Hall–Kier alpha value is -2.50. The fourth-order valence-electron chi connectivity index (χ4n) is 1.75. The molecule has 2 rings (SSSR count). The minimum atomic E-state index is -0.870. The van der Waals surface area contributed by atoms with Gasteiger partial charge < -0.3 is 19.0 Å². The van der Waals surface area contributed by atoms with Crippen LogP contribution in [-0.2, 0) is 4.79 Å². The molecule has 1 heterocycles. The molecule has 1 N–H and O–H groups in total. The lowest BCUT2D eigenvalue weighted by Crippen LogP contribution is -2.03. The van der Waals surface area contributed by atoms with Crippen molar-refractivity contribution in [3.8, 4) is 11.5 Å². The highest BCUT2D eigenvalue weighted by Crippen LogP contribution is 2.31. The second kappa shape index (κ2) is 6.10. The number of hydrogen-bond acceptors (Lipinski definition) is 5. The number of benzene rings is 1. The molecular formula is C14H14O6. The molecule has 0 fully saturated rings. The van der Waals surface area contributed by atoms with Gasteiger partial charge in [-0.05, 0) is 18.6 Å². The van der Waals surface area contributed by atoms with Gasteiger partial charge >= 0.3 is 11.6 Å². The quantitative estimate of drug-likeness (QED) is 0.643. The first-order valence-corrected chi connectivity index (χ1v) is 6.06. The number of methoxy groups -OCH3 is 1. The number of rotatable bonds is 6. The maximum Gasteiger partial charge on any atom is 0.336 e. The summed E-state index contributed by atoms with van der Waals surface area (Å²) in [6, 6.07) is 6.23. The molecule has 0 aliphatic heterocycles. The van der Waals surface area contributed by atoms with Crippen molar-refractivity contribution >= 4 is 16.9 Å². The van der Waals surface area contributed by atoms with E-state index in [1.54, 1.807) is 18.2 Å². The van der Waals surface area contributed by atoms with Gasteiger partial charge in [-0.3, -0.25) is 4.79 Å². The second-order valence-electron chi connectivity index (χ2n) is 4.14. The van der Waals surface area contributed by atoms with E-state index in [1.807, 2.05) is 0 Å². The highest BCUT2D eigenvalue weighted by molar-refractivity contribution is 5.80. The van der Waals surface area contributed by atoms with Crippen LogP contribution in [-0.4, -0.2) is 24.8 Å². The van der Waals surface area contributed by atoms with E-state index >= 15 is 0 Å². The average molecular weight is 278 g/mol. The Morgan fingerprint density at radius 3 is 2.80 bits per heavy atom. The van der Waals surface area contributed by atoms with Crippen molar-refractivity contribution in [3.63, 3.8) is 0 Å². The molecule has 1 aromatic carbocycles. The van der Waals surface area contributed by atoms with Crippen molar-refractivity contribution in [2.75, 3.05) is 13.7 Å². The first-order chi connectivity index (χ1) is 9.60. The zero-order chi connectivity index (χ0) is 14.5. The molecule has 20 heavy (non-hydrogen) atoms. The van der Waals surface area contributed by atoms with Crippen molar-refractivity contribution in [1.29, 1.82) is 0 Å². The van der Waals surface area contributed by atoms with E-state index in [4.69, 9.17) is 19.0 Å². The molecule has 0 radical (unpaired) electrons. The molecular weight excluding hydrogens is 264 g/mol. The van der Waals surface area contributed by atoms with Gasteiger partial charge in [0, 0.05) is 23.9 Å². The first-order valence-electron chi connectivity index (χ1n) is 6.06. The monoisotopic (exact) mass is 278 g/mol. The molecule has 1 aromatic heterocycles. The van der Waals surface area contributed by atoms with Gasteiger partial charge in [-0.1, -0.05) is 0 Å². The SMILES string of the molecule is COc1cc2ccc(=O)oc2cc1OCCCC(=O)O. The van der Waals surface area contributed by atoms with Crippen LogP contribution >= 0.6 is 0 Å². The summed E-state index contributed by atoms with van der Waals surface area (Å²) < 4.78 is 15.7. The van der Waals surface area contributed by atoms with Crippen molar-refractivity contribution in [1.82, 2.24) is 0 Å². The lowest BCUT2D eigenvalue weighted by Gasteiger charge is -2.11. The average Bonchev–Trinajstić information content (AvgIpc) is 2.42. The van der Waals surface area contributed by atoms with Crippen LogP contribution in [0.5, 0.6) is 11.5 Å². The zero-order valence-corrected chi connectivity index (χ0v) is 10.9. The Balaban J connectivity index is 2.21. The van der Waals surface area contributed by atoms with Gasteiger partial charge in [-0.15, -0.1) is 0 Å². The smallest absolute Gasteiger partial charge is 0.336 e. The van der Waals surface area contributed by atoms with Crippen molar-refractivity contribution in [2.24, 2.45) is 0 Å². The Bertz CT molecular complexity index is 673. The standard InChI is InChI=1S/C14H14O6/c1-18-11-7-9-4-5-14(17)20-10(9)8-12(11)19-6-2-3-13(15)16/h4-5,7-8H,2-3,6H2,1H3,(H,15,16). The lowest BCUT2D eigenvalue weighted by molar-refractivity contribution is -0.137. The first kappa shape index (κ1) is 13.9. The van der Waals surface area contributed by atoms with Crippen LogP contribution in [0.4, 0.5) is 0 Å². The number of hydrogen-bond donors (Lipinski definition) is 1. The molecule has 0 bridgehead atoms. The van der Waals surface area contributed by atoms with Crippen molar-refractivity contribution in [3.05, 3.63) is 34.7 Å². The summed E-state index contributed by atoms with van der Waals surface area (Å²) >= 11 is 0. The second-order valence-corrected chi connectivity index (χ2v) is 4.14. The van der Waals surface area contributed by atoms with E-state index in [9.17, 15) is 9.59 Å². The largest absolute Gasteiger partial charge is 0.493 e. The van der Waals surface area contributed by atoms with Crippen LogP contribution in [0.3, 0.4) is 0 Å². The summed E-state index contributed by atoms with van der Waals surface area (Å²) in [5, 5.41) is 9.27. The Labute approximate surface area is 114 Å². The molecule has 2 aromatic rings. The van der Waals surface area contributed by atoms with Gasteiger partial charge in [0.15, 0.2) is 11.5 Å². The number of fused-ring (bicyclic) bond motifs is 1. The highest BCUT2D eigenvalue weighted by atomic mass is 16.5. The molecule has 6 heteroatoms. The van der Waals surface area contributed by atoms with Gasteiger partial charge in [0.05, 0.1) is 13.7 Å². The molecule has 0 aliphatic carbocycles. The predicted molar refractivity (Wildman–Crippen MR) is 71.4 cm³/mol. The van der Waals surface area contributed by atoms with Crippen LogP contribution in [0.1, 0.15) is 12.8 Å².